The van der Waals surface area contributed by atoms with Gasteiger partial charge in [-0.1, -0.05) is 45.6 Å². The molecule has 0 spiro atoms. The molecule has 0 aromatic carbocycles. The fraction of sp³-hybridized carbons (Fsp3) is 0.680. The van der Waals surface area contributed by atoms with Crippen LogP contribution in [0.25, 0.3) is 0 Å². The largest absolute Gasteiger partial charge is 0.481 e. The molecule has 0 saturated carbocycles. The van der Waals surface area contributed by atoms with Crippen LogP contribution in [0, 0.1) is 6.42 Å². The average molecular weight is 485 g/mol. The van der Waals surface area contributed by atoms with Crippen molar-refractivity contribution in [1.29, 1.82) is 0 Å². The van der Waals surface area contributed by atoms with Crippen molar-refractivity contribution in [2.24, 2.45) is 0 Å². The minimum absolute atomic E-state index is 0. The van der Waals surface area contributed by atoms with Gasteiger partial charge in [-0.15, -0.1) is 12.0 Å². The van der Waals surface area contributed by atoms with E-state index in [-0.39, 0.29) is 21.7 Å². The van der Waals surface area contributed by atoms with E-state index in [0.717, 1.165) is 19.3 Å². The molecule has 32 heavy (non-hydrogen) atoms. The second-order valence-corrected chi connectivity index (χ2v) is 8.00. The Labute approximate surface area is 208 Å². The number of carbonyl (C=O) groups is 3. The normalized spacial score (nSPS) is 15.6. The van der Waals surface area contributed by atoms with Gasteiger partial charge < -0.3 is 15.3 Å². The smallest absolute Gasteiger partial charge is 0.303 e. The van der Waals surface area contributed by atoms with Crippen LogP contribution in [0.1, 0.15) is 111 Å². The van der Waals surface area contributed by atoms with E-state index >= 15 is 0 Å². The average Bonchev–Trinajstić information content (AvgIpc) is 3.08. The molecule has 3 aliphatic rings. The molecule has 0 aromatic heterocycles. The third-order valence-corrected chi connectivity index (χ3v) is 5.15. The zero-order valence-corrected chi connectivity index (χ0v) is 21.6. The summed E-state index contributed by atoms with van der Waals surface area (Å²) in [6.07, 6.45) is 16.7. The van der Waals surface area contributed by atoms with E-state index in [4.69, 9.17) is 15.3 Å². The van der Waals surface area contributed by atoms with Crippen LogP contribution < -0.4 is 0 Å². The molecule has 0 saturated heterocycles. The molecule has 3 N–H and O–H groups in total. The first-order valence-electron chi connectivity index (χ1n) is 11.7. The topological polar surface area (TPSA) is 112 Å². The van der Waals surface area contributed by atoms with E-state index in [1.807, 2.05) is 20.8 Å². The second kappa shape index (κ2) is 20.1. The maximum absolute atomic E-state index is 9.60. The van der Waals surface area contributed by atoms with Crippen molar-refractivity contribution >= 4 is 17.9 Å². The van der Waals surface area contributed by atoms with Gasteiger partial charge in [0.25, 0.3) is 0 Å². The van der Waals surface area contributed by atoms with Crippen LogP contribution >= 0.6 is 0 Å². The molecule has 0 unspecified atom stereocenters. The zero-order valence-electron chi connectivity index (χ0n) is 20.0. The Bertz CT molecular complexity index is 568. The third kappa shape index (κ3) is 15.3. The zero-order chi connectivity index (χ0) is 23.6. The summed E-state index contributed by atoms with van der Waals surface area (Å²) in [6, 6.07) is 0. The number of rotatable bonds is 6. The van der Waals surface area contributed by atoms with Crippen molar-refractivity contribution in [2.75, 3.05) is 0 Å². The van der Waals surface area contributed by atoms with Crippen molar-refractivity contribution in [1.82, 2.24) is 0 Å². The van der Waals surface area contributed by atoms with Crippen LogP contribution in [-0.2, 0) is 36.1 Å². The number of carboxylic acid groups (broad SMARTS) is 3. The number of hydrogen-bond acceptors (Lipinski definition) is 3. The number of fused-ring (bicyclic) bond motifs is 1. The van der Waals surface area contributed by atoms with Gasteiger partial charge >= 0.3 is 17.9 Å². The Morgan fingerprint density at radius 3 is 1.56 bits per heavy atom. The van der Waals surface area contributed by atoms with Crippen molar-refractivity contribution < 1.29 is 51.4 Å². The molecular formula is C25H41O6Ti-. The minimum Gasteiger partial charge on any atom is -0.481 e. The Morgan fingerprint density at radius 2 is 1.16 bits per heavy atom. The van der Waals surface area contributed by atoms with E-state index in [1.54, 1.807) is 22.3 Å². The molecule has 0 aliphatic heterocycles. The molecule has 0 fully saturated rings. The first-order valence-corrected chi connectivity index (χ1v) is 11.7. The number of carboxylic acids is 3. The van der Waals surface area contributed by atoms with Crippen LogP contribution in [0.15, 0.2) is 22.3 Å². The number of aliphatic carboxylic acids is 3. The van der Waals surface area contributed by atoms with Gasteiger partial charge in [-0.05, 0) is 44.9 Å². The fourth-order valence-corrected chi connectivity index (χ4v) is 3.76. The van der Waals surface area contributed by atoms with Gasteiger partial charge in [0.05, 0.1) is 0 Å². The first kappa shape index (κ1) is 32.7. The van der Waals surface area contributed by atoms with E-state index in [9.17, 15) is 14.4 Å². The summed E-state index contributed by atoms with van der Waals surface area (Å²) in [6.45, 7) is 5.52. The maximum atomic E-state index is 9.60. The molecular weight excluding hydrogens is 444 g/mol. The van der Waals surface area contributed by atoms with Crippen molar-refractivity contribution in [3.8, 4) is 0 Å². The van der Waals surface area contributed by atoms with Gasteiger partial charge in [-0.2, -0.15) is 5.57 Å². The summed E-state index contributed by atoms with van der Waals surface area (Å²) in [5, 5.41) is 23.7. The summed E-state index contributed by atoms with van der Waals surface area (Å²) in [5.41, 5.74) is 7.06. The monoisotopic (exact) mass is 485 g/mol. The van der Waals surface area contributed by atoms with Crippen LogP contribution in [-0.4, -0.2) is 33.2 Å². The predicted molar refractivity (Wildman–Crippen MR) is 123 cm³/mol. The molecule has 7 heteroatoms. The van der Waals surface area contributed by atoms with Gasteiger partial charge in [0.2, 0.25) is 0 Å². The van der Waals surface area contributed by atoms with E-state index in [1.165, 1.54) is 51.4 Å². The van der Waals surface area contributed by atoms with Crippen molar-refractivity contribution in [3.63, 3.8) is 0 Å². The summed E-state index contributed by atoms with van der Waals surface area (Å²) in [7, 11) is 0. The first-order chi connectivity index (χ1) is 14.8. The molecule has 0 aromatic rings. The van der Waals surface area contributed by atoms with Crippen LogP contribution in [0.4, 0.5) is 0 Å². The van der Waals surface area contributed by atoms with Gasteiger partial charge in [-0.3, -0.25) is 14.4 Å². The molecule has 3 rings (SSSR count). The van der Waals surface area contributed by atoms with E-state index < -0.39 is 17.9 Å². The maximum Gasteiger partial charge on any atom is 0.303 e. The second-order valence-electron chi connectivity index (χ2n) is 8.00. The summed E-state index contributed by atoms with van der Waals surface area (Å²) >= 11 is 0. The SMILES string of the molecule is CCCC(=O)O.CCCC(=O)O.CCCC(=O)O.[CH-]1CCCC2=C1CC1=C2CCCC1.[Ti]. The molecule has 0 amide bonds. The van der Waals surface area contributed by atoms with E-state index in [0.29, 0.717) is 19.3 Å². The molecule has 0 atom stereocenters. The van der Waals surface area contributed by atoms with Crippen molar-refractivity contribution in [2.45, 2.75) is 111 Å². The number of allylic oxidation sites excluding steroid dienone is 4. The Hall–Kier alpha value is -1.53. The predicted octanol–water partition coefficient (Wildman–Crippen LogP) is 6.56. The molecule has 0 heterocycles. The Balaban J connectivity index is 0. The Morgan fingerprint density at radius 1 is 0.719 bits per heavy atom. The van der Waals surface area contributed by atoms with Crippen LogP contribution in [0.3, 0.4) is 0 Å². The van der Waals surface area contributed by atoms with E-state index in [2.05, 4.69) is 6.42 Å². The van der Waals surface area contributed by atoms with Crippen LogP contribution in [0.2, 0.25) is 0 Å². The van der Waals surface area contributed by atoms with Gasteiger partial charge in [0.15, 0.2) is 0 Å². The molecule has 0 bridgehead atoms. The van der Waals surface area contributed by atoms with Crippen molar-refractivity contribution in [3.05, 3.63) is 28.7 Å². The molecule has 182 valence electrons. The van der Waals surface area contributed by atoms with Gasteiger partial charge in [-0.25, -0.2) is 12.0 Å². The fourth-order valence-electron chi connectivity index (χ4n) is 3.76. The summed E-state index contributed by atoms with van der Waals surface area (Å²) in [5.74, 6) is -2.13. The molecule has 6 nitrogen and oxygen atoms in total. The quantitative estimate of drug-likeness (QED) is 0.290. The summed E-state index contributed by atoms with van der Waals surface area (Å²) in [4.78, 5) is 28.8. The van der Waals surface area contributed by atoms with Gasteiger partial charge in [0.1, 0.15) is 0 Å². The number of hydrogen-bond donors (Lipinski definition) is 3. The summed E-state index contributed by atoms with van der Waals surface area (Å²) < 4.78 is 0. The minimum atomic E-state index is -0.711. The van der Waals surface area contributed by atoms with Crippen LogP contribution in [0.5, 0.6) is 0 Å². The molecule has 3 aliphatic carbocycles. The van der Waals surface area contributed by atoms with Gasteiger partial charge in [0, 0.05) is 41.0 Å². The third-order valence-electron chi connectivity index (χ3n) is 5.15. The standard InChI is InChI=1S/C13H17.3C4H8O2.Ti/c1-3-7-12-10(5-1)9-11-6-2-4-8-13(11)12;3*1-2-3-4(5)6;/h5H,1-4,6-9H2;3*2-3H2,1H3,(H,5,6);/q-1;;;;. The molecule has 0 radical (unpaired) electrons. The Kier molecular flexibility index (Phi) is 20.5.